The van der Waals surface area contributed by atoms with E-state index in [4.69, 9.17) is 0 Å². The quantitative estimate of drug-likeness (QED) is 0.679. The fourth-order valence-electron chi connectivity index (χ4n) is 0.938. The first-order valence-electron chi connectivity index (χ1n) is 4.52. The second kappa shape index (κ2) is 4.68. The standard InChI is InChI=1S/2C4H11Si.Y/c2*1-5(2,3)4;/h2*1H2,2-4H3;. The molecule has 0 nitrogen and oxygen atoms in total. The molecule has 0 bridgehead atoms. The fraction of sp³-hybridized carbons (Fsp3) is 1.00. The maximum atomic E-state index is 2.52. The van der Waals surface area contributed by atoms with Gasteiger partial charge in [-0.2, -0.15) is 0 Å². The number of hydrogen-bond acceptors (Lipinski definition) is 0. The second-order valence-corrected chi connectivity index (χ2v) is 24.3. The van der Waals surface area contributed by atoms with Gasteiger partial charge < -0.3 is 0 Å². The van der Waals surface area contributed by atoms with Gasteiger partial charge in [-0.1, -0.05) is 0 Å². The predicted molar refractivity (Wildman–Crippen MR) is 56.3 cm³/mol. The van der Waals surface area contributed by atoms with Crippen LogP contribution in [-0.4, -0.2) is 16.1 Å². The molecule has 0 aliphatic rings. The van der Waals surface area contributed by atoms with Crippen LogP contribution in [0.5, 0.6) is 0 Å². The summed E-state index contributed by atoms with van der Waals surface area (Å²) in [6, 6.07) is 0. The van der Waals surface area contributed by atoms with Crippen LogP contribution in [0, 0.1) is 0 Å². The van der Waals surface area contributed by atoms with Crippen molar-refractivity contribution in [2.45, 2.75) is 45.0 Å². The van der Waals surface area contributed by atoms with Crippen molar-refractivity contribution >= 4 is 16.1 Å². The molecule has 0 aromatic carbocycles. The monoisotopic (exact) mass is 263 g/mol. The van der Waals surface area contributed by atoms with Gasteiger partial charge in [0.15, 0.2) is 0 Å². The summed E-state index contributed by atoms with van der Waals surface area (Å²) in [4.78, 5) is 0. The zero-order valence-electron chi connectivity index (χ0n) is 8.99. The second-order valence-electron chi connectivity index (χ2n) is 5.82. The molecule has 0 spiro atoms. The molecule has 0 radical (unpaired) electrons. The molecule has 0 heterocycles. The Morgan fingerprint density at radius 2 is 1.00 bits per heavy atom. The van der Waals surface area contributed by atoms with E-state index in [1.54, 1.807) is 5.71 Å². The van der Waals surface area contributed by atoms with E-state index in [-0.39, 0.29) is 29.2 Å². The first-order valence-corrected chi connectivity index (χ1v) is 16.0. The van der Waals surface area contributed by atoms with Crippen molar-refractivity contribution < 1.29 is 29.2 Å². The first-order chi connectivity index (χ1) is 4.71. The van der Waals surface area contributed by atoms with Gasteiger partial charge in [-0.05, 0) is 0 Å². The number of hydrogen-bond donors (Lipinski definition) is 0. The molecule has 3 heteroatoms. The zero-order valence-corrected chi connectivity index (χ0v) is 13.8. The van der Waals surface area contributed by atoms with Crippen LogP contribution < -0.4 is 0 Å². The van der Waals surface area contributed by atoms with Crippen molar-refractivity contribution in [1.29, 1.82) is 0 Å². The molecule has 0 saturated heterocycles. The average molecular weight is 263 g/mol. The van der Waals surface area contributed by atoms with Gasteiger partial charge in [0.2, 0.25) is 0 Å². The van der Waals surface area contributed by atoms with Crippen LogP contribution in [0.3, 0.4) is 0 Å². The summed E-state index contributed by atoms with van der Waals surface area (Å²) in [5, 5.41) is 0. The van der Waals surface area contributed by atoms with Gasteiger partial charge in [0, 0.05) is 0 Å². The van der Waals surface area contributed by atoms with Crippen molar-refractivity contribution in [3.05, 3.63) is 0 Å². The van der Waals surface area contributed by atoms with Crippen molar-refractivity contribution in [3.63, 3.8) is 0 Å². The number of rotatable bonds is 4. The van der Waals surface area contributed by atoms with E-state index in [1.807, 2.05) is 0 Å². The summed E-state index contributed by atoms with van der Waals surface area (Å²) in [7, 11) is -1.30. The summed E-state index contributed by atoms with van der Waals surface area (Å²) in [6.45, 7) is 15.1. The van der Waals surface area contributed by atoms with Crippen LogP contribution in [0.25, 0.3) is 0 Å². The Bertz CT molecular complexity index is 96.2. The van der Waals surface area contributed by atoms with Crippen LogP contribution in [-0.2, 0) is 29.2 Å². The summed E-state index contributed by atoms with van der Waals surface area (Å²) in [5.41, 5.74) is 0. The third-order valence-electron chi connectivity index (χ3n) is 1.51. The van der Waals surface area contributed by atoms with Crippen LogP contribution in [0.4, 0.5) is 0 Å². The van der Waals surface area contributed by atoms with Gasteiger partial charge in [0.05, 0.1) is 0 Å². The summed E-state index contributed by atoms with van der Waals surface area (Å²) in [5.74, 6) is 0. The summed E-state index contributed by atoms with van der Waals surface area (Å²) in [6.07, 6.45) is 0. The fourth-order valence-corrected chi connectivity index (χ4v) is 19.2. The third-order valence-corrected chi connectivity index (χ3v) is 26.9. The molecule has 0 aromatic rings. The minimum absolute atomic E-state index is 0.102. The molecule has 0 aliphatic carbocycles. The molecule has 11 heavy (non-hydrogen) atoms. The average Bonchev–Trinajstić information content (AvgIpc) is 1.55. The molecular weight excluding hydrogens is 241 g/mol. The van der Waals surface area contributed by atoms with E-state index in [0.717, 1.165) is 0 Å². The first kappa shape index (κ1) is 12.5. The van der Waals surface area contributed by atoms with E-state index in [2.05, 4.69) is 39.3 Å². The Labute approximate surface area is 89.6 Å². The molecule has 0 aliphatic heterocycles. The van der Waals surface area contributed by atoms with Gasteiger partial charge in [-0.25, -0.2) is 0 Å². The van der Waals surface area contributed by atoms with Crippen LogP contribution in [0.1, 0.15) is 0 Å². The van der Waals surface area contributed by atoms with E-state index >= 15 is 0 Å². The van der Waals surface area contributed by atoms with Crippen LogP contribution >= 0.6 is 0 Å². The van der Waals surface area contributed by atoms with Crippen LogP contribution in [0.2, 0.25) is 45.0 Å². The van der Waals surface area contributed by atoms with Crippen molar-refractivity contribution in [2.75, 3.05) is 0 Å². The molecule has 0 fully saturated rings. The molecule has 0 aromatic heterocycles. The normalized spacial score (nSPS) is 12.9. The molecule has 0 saturated carbocycles. The molecule has 0 unspecified atom stereocenters. The van der Waals surface area contributed by atoms with Gasteiger partial charge >= 0.3 is 90.3 Å². The van der Waals surface area contributed by atoms with E-state index in [9.17, 15) is 0 Å². The van der Waals surface area contributed by atoms with Crippen molar-refractivity contribution in [1.82, 2.24) is 0 Å². The topological polar surface area (TPSA) is 0 Å². The van der Waals surface area contributed by atoms with Crippen molar-refractivity contribution in [3.8, 4) is 0 Å². The van der Waals surface area contributed by atoms with Gasteiger partial charge in [0.1, 0.15) is 0 Å². The van der Waals surface area contributed by atoms with E-state index < -0.39 is 16.1 Å². The molecule has 0 rings (SSSR count). The van der Waals surface area contributed by atoms with Gasteiger partial charge in [-0.15, -0.1) is 0 Å². The third kappa shape index (κ3) is 11.5. The molecule has 65 valence electrons. The molecule has 0 N–H and O–H groups in total. The summed E-state index contributed by atoms with van der Waals surface area (Å²) >= 11 is -0.102. The van der Waals surface area contributed by atoms with Crippen molar-refractivity contribution in [2.24, 2.45) is 0 Å². The maximum absolute atomic E-state index is 2.52. The van der Waals surface area contributed by atoms with E-state index in [1.165, 1.54) is 0 Å². The van der Waals surface area contributed by atoms with Crippen LogP contribution in [0.15, 0.2) is 0 Å². The molecular formula is C8H22Si2Y. The Kier molecular flexibility index (Phi) is 5.34. The predicted octanol–water partition coefficient (Wildman–Crippen LogP) is 3.66. The molecule has 0 atom stereocenters. The zero-order chi connectivity index (χ0) is 9.12. The summed E-state index contributed by atoms with van der Waals surface area (Å²) < 4.78 is 3.43. The van der Waals surface area contributed by atoms with Gasteiger partial charge in [-0.3, -0.25) is 0 Å². The Morgan fingerprint density at radius 1 is 0.727 bits per heavy atom. The molecule has 0 amide bonds. The Morgan fingerprint density at radius 3 is 1.18 bits per heavy atom. The Balaban J connectivity index is 3.44. The minimum atomic E-state index is -0.650. The van der Waals surface area contributed by atoms with E-state index in [0.29, 0.717) is 0 Å². The Hall–Kier alpha value is 1.54. The van der Waals surface area contributed by atoms with Gasteiger partial charge in [0.25, 0.3) is 0 Å². The SMILES string of the molecule is C[Si](C)(C)[CH2][Y][CH2][Si](C)(C)C.